The van der Waals surface area contributed by atoms with Gasteiger partial charge in [0.1, 0.15) is 5.78 Å². The number of benzene rings is 1. The molecule has 80 valence electrons. The Balaban J connectivity index is 2.65. The summed E-state index contributed by atoms with van der Waals surface area (Å²) in [5, 5.41) is 0. The number of carbonyl (C=O) groups excluding carboxylic acids is 2. The van der Waals surface area contributed by atoms with Crippen molar-refractivity contribution in [2.24, 2.45) is 0 Å². The van der Waals surface area contributed by atoms with E-state index in [2.05, 4.69) is 15.9 Å². The van der Waals surface area contributed by atoms with Crippen molar-refractivity contribution in [2.75, 3.05) is 0 Å². The molecule has 3 heteroatoms. The molecular formula is C12H13BrO2. The highest BCUT2D eigenvalue weighted by Gasteiger charge is 2.10. The van der Waals surface area contributed by atoms with Gasteiger partial charge in [-0.3, -0.25) is 9.59 Å². The summed E-state index contributed by atoms with van der Waals surface area (Å²) in [7, 11) is 0. The van der Waals surface area contributed by atoms with E-state index < -0.39 is 0 Å². The van der Waals surface area contributed by atoms with Crippen LogP contribution >= 0.6 is 15.9 Å². The van der Waals surface area contributed by atoms with Crippen molar-refractivity contribution in [3.8, 4) is 0 Å². The van der Waals surface area contributed by atoms with E-state index in [1.54, 1.807) is 18.2 Å². The molecule has 0 N–H and O–H groups in total. The zero-order valence-corrected chi connectivity index (χ0v) is 10.2. The maximum atomic E-state index is 11.6. The van der Waals surface area contributed by atoms with Crippen molar-refractivity contribution in [2.45, 2.75) is 26.2 Å². The molecule has 2 nitrogen and oxygen atoms in total. The molecule has 1 aromatic carbocycles. The molecule has 0 aliphatic carbocycles. The number of carbonyl (C=O) groups is 2. The summed E-state index contributed by atoms with van der Waals surface area (Å²) in [5.74, 6) is -0.0859. The van der Waals surface area contributed by atoms with E-state index in [1.807, 2.05) is 13.0 Å². The largest absolute Gasteiger partial charge is 0.299 e. The van der Waals surface area contributed by atoms with Gasteiger partial charge >= 0.3 is 0 Å². The monoisotopic (exact) mass is 268 g/mol. The molecule has 0 radical (unpaired) electrons. The minimum atomic E-state index is -0.102. The van der Waals surface area contributed by atoms with Crippen molar-refractivity contribution >= 4 is 27.5 Å². The SMILES string of the molecule is CCCC(=O)CC(=O)c1cccc(Br)c1. The highest BCUT2D eigenvalue weighted by atomic mass is 79.9. The third kappa shape index (κ3) is 3.96. The molecule has 0 unspecified atom stereocenters. The molecule has 0 spiro atoms. The second-order valence-corrected chi connectivity index (χ2v) is 4.31. The Morgan fingerprint density at radius 2 is 2.07 bits per heavy atom. The van der Waals surface area contributed by atoms with Gasteiger partial charge < -0.3 is 0 Å². The number of Topliss-reactive ketones (excluding diaryl/α,β-unsaturated/α-hetero) is 2. The second kappa shape index (κ2) is 5.81. The van der Waals surface area contributed by atoms with Crippen LogP contribution in [0.2, 0.25) is 0 Å². The number of halogens is 1. The lowest BCUT2D eigenvalue weighted by Gasteiger charge is -2.00. The van der Waals surface area contributed by atoms with Gasteiger partial charge in [-0.05, 0) is 18.6 Å². The van der Waals surface area contributed by atoms with Crippen molar-refractivity contribution < 1.29 is 9.59 Å². The summed E-state index contributed by atoms with van der Waals surface area (Å²) in [5.41, 5.74) is 0.592. The molecule has 15 heavy (non-hydrogen) atoms. The lowest BCUT2D eigenvalue weighted by molar-refractivity contribution is -0.118. The fourth-order valence-corrected chi connectivity index (χ4v) is 1.71. The molecule has 0 atom stereocenters. The van der Waals surface area contributed by atoms with Crippen LogP contribution in [-0.4, -0.2) is 11.6 Å². The van der Waals surface area contributed by atoms with Gasteiger partial charge in [0, 0.05) is 16.5 Å². The Bertz CT molecular complexity index is 372. The van der Waals surface area contributed by atoms with Gasteiger partial charge in [-0.1, -0.05) is 35.0 Å². The van der Waals surface area contributed by atoms with Crippen LogP contribution in [-0.2, 0) is 4.79 Å². The Labute approximate surface area is 97.8 Å². The van der Waals surface area contributed by atoms with Crippen LogP contribution < -0.4 is 0 Å². The average Bonchev–Trinajstić information content (AvgIpc) is 2.18. The van der Waals surface area contributed by atoms with Crippen molar-refractivity contribution in [1.82, 2.24) is 0 Å². The van der Waals surface area contributed by atoms with Crippen LogP contribution in [0, 0.1) is 0 Å². The van der Waals surface area contributed by atoms with Gasteiger partial charge in [-0.2, -0.15) is 0 Å². The molecule has 0 saturated carbocycles. The maximum Gasteiger partial charge on any atom is 0.170 e. The predicted molar refractivity (Wildman–Crippen MR) is 63.0 cm³/mol. The van der Waals surface area contributed by atoms with Gasteiger partial charge in [0.15, 0.2) is 5.78 Å². The van der Waals surface area contributed by atoms with Crippen LogP contribution in [0.5, 0.6) is 0 Å². The molecular weight excluding hydrogens is 256 g/mol. The minimum Gasteiger partial charge on any atom is -0.299 e. The van der Waals surface area contributed by atoms with Crippen LogP contribution in [0.1, 0.15) is 36.5 Å². The predicted octanol–water partition coefficient (Wildman–Crippen LogP) is 3.39. The molecule has 0 fully saturated rings. The summed E-state index contributed by atoms with van der Waals surface area (Å²) >= 11 is 3.29. The van der Waals surface area contributed by atoms with Crippen LogP contribution in [0.4, 0.5) is 0 Å². The molecule has 0 amide bonds. The molecule has 0 heterocycles. The second-order valence-electron chi connectivity index (χ2n) is 3.40. The fourth-order valence-electron chi connectivity index (χ4n) is 1.31. The Morgan fingerprint density at radius 1 is 1.33 bits per heavy atom. The first-order chi connectivity index (χ1) is 7.13. The Morgan fingerprint density at radius 3 is 2.67 bits per heavy atom. The molecule has 0 aliphatic rings. The number of rotatable bonds is 5. The summed E-state index contributed by atoms with van der Waals surface area (Å²) < 4.78 is 0.858. The van der Waals surface area contributed by atoms with Crippen LogP contribution in [0.25, 0.3) is 0 Å². The molecule has 1 aromatic rings. The quantitative estimate of drug-likeness (QED) is 0.606. The highest BCUT2D eigenvalue weighted by molar-refractivity contribution is 9.10. The van der Waals surface area contributed by atoms with Crippen molar-refractivity contribution in [3.63, 3.8) is 0 Å². The topological polar surface area (TPSA) is 34.1 Å². The van der Waals surface area contributed by atoms with Crippen LogP contribution in [0.3, 0.4) is 0 Å². The highest BCUT2D eigenvalue weighted by Crippen LogP contribution is 2.13. The van der Waals surface area contributed by atoms with E-state index in [9.17, 15) is 9.59 Å². The van der Waals surface area contributed by atoms with Gasteiger partial charge in [0.25, 0.3) is 0 Å². The molecule has 0 aliphatic heterocycles. The zero-order chi connectivity index (χ0) is 11.3. The first-order valence-corrected chi connectivity index (χ1v) is 5.73. The molecule has 1 rings (SSSR count). The van der Waals surface area contributed by atoms with E-state index in [1.165, 1.54) is 0 Å². The fraction of sp³-hybridized carbons (Fsp3) is 0.333. The van der Waals surface area contributed by atoms with E-state index in [-0.39, 0.29) is 18.0 Å². The lowest BCUT2D eigenvalue weighted by atomic mass is 10.0. The first-order valence-electron chi connectivity index (χ1n) is 4.94. The van der Waals surface area contributed by atoms with Crippen molar-refractivity contribution in [1.29, 1.82) is 0 Å². The maximum absolute atomic E-state index is 11.6. The summed E-state index contributed by atoms with van der Waals surface area (Å²) in [6, 6.07) is 7.11. The van der Waals surface area contributed by atoms with Crippen LogP contribution in [0.15, 0.2) is 28.7 Å². The Hall–Kier alpha value is -0.960. The number of hydrogen-bond donors (Lipinski definition) is 0. The molecule has 0 saturated heterocycles. The van der Waals surface area contributed by atoms with E-state index >= 15 is 0 Å². The minimum absolute atomic E-state index is 0.0162. The summed E-state index contributed by atoms with van der Waals surface area (Å²) in [4.78, 5) is 22.9. The third-order valence-corrected chi connectivity index (χ3v) is 2.53. The zero-order valence-electron chi connectivity index (χ0n) is 8.63. The van der Waals surface area contributed by atoms with Gasteiger partial charge in [-0.15, -0.1) is 0 Å². The summed E-state index contributed by atoms with van der Waals surface area (Å²) in [6.45, 7) is 1.93. The smallest absolute Gasteiger partial charge is 0.170 e. The molecule has 0 aromatic heterocycles. The first kappa shape index (κ1) is 12.1. The Kier molecular flexibility index (Phi) is 4.69. The normalized spacial score (nSPS) is 10.0. The summed E-state index contributed by atoms with van der Waals surface area (Å²) in [6.07, 6.45) is 1.30. The average molecular weight is 269 g/mol. The van der Waals surface area contributed by atoms with Crippen molar-refractivity contribution in [3.05, 3.63) is 34.3 Å². The lowest BCUT2D eigenvalue weighted by Crippen LogP contribution is -2.07. The third-order valence-electron chi connectivity index (χ3n) is 2.03. The standard InChI is InChI=1S/C12H13BrO2/c1-2-4-11(14)8-12(15)9-5-3-6-10(13)7-9/h3,5-7H,2,4,8H2,1H3. The van der Waals surface area contributed by atoms with Gasteiger partial charge in [0.05, 0.1) is 6.42 Å². The van der Waals surface area contributed by atoms with Gasteiger partial charge in [0.2, 0.25) is 0 Å². The van der Waals surface area contributed by atoms with E-state index in [0.29, 0.717) is 12.0 Å². The van der Waals surface area contributed by atoms with E-state index in [4.69, 9.17) is 0 Å². The molecule has 0 bridgehead atoms. The number of ketones is 2. The van der Waals surface area contributed by atoms with E-state index in [0.717, 1.165) is 10.9 Å². The van der Waals surface area contributed by atoms with Gasteiger partial charge in [-0.25, -0.2) is 0 Å². The number of hydrogen-bond acceptors (Lipinski definition) is 2.